The molecule has 1 aliphatic carbocycles. The summed E-state index contributed by atoms with van der Waals surface area (Å²) in [4.78, 5) is 2.86. The first-order valence-electron chi connectivity index (χ1n) is 8.41. The second kappa shape index (κ2) is 6.38. The third-order valence-electron chi connectivity index (χ3n) is 5.50. The van der Waals surface area contributed by atoms with Gasteiger partial charge in [0.1, 0.15) is 0 Å². The summed E-state index contributed by atoms with van der Waals surface area (Å²) in [7, 11) is 0. The molecule has 2 heteroatoms. The lowest BCUT2D eigenvalue weighted by molar-refractivity contribution is 0.0984. The zero-order chi connectivity index (χ0) is 12.2. The van der Waals surface area contributed by atoms with E-state index < -0.39 is 0 Å². The fraction of sp³-hybridized carbons (Fsp3) is 1.00. The minimum absolute atomic E-state index is 0.846. The summed E-state index contributed by atoms with van der Waals surface area (Å²) in [6.45, 7) is 4.04. The van der Waals surface area contributed by atoms with Gasteiger partial charge in [-0.2, -0.15) is 0 Å². The van der Waals surface area contributed by atoms with Crippen LogP contribution in [-0.4, -0.2) is 36.6 Å². The van der Waals surface area contributed by atoms with Crippen LogP contribution in [-0.2, 0) is 0 Å². The molecule has 0 aromatic carbocycles. The van der Waals surface area contributed by atoms with Gasteiger partial charge in [0.15, 0.2) is 0 Å². The molecule has 2 saturated heterocycles. The zero-order valence-corrected chi connectivity index (χ0v) is 11.9. The summed E-state index contributed by atoms with van der Waals surface area (Å²) >= 11 is 0. The van der Waals surface area contributed by atoms with Crippen LogP contribution in [0.2, 0.25) is 0 Å². The van der Waals surface area contributed by atoms with Gasteiger partial charge in [0.05, 0.1) is 0 Å². The fourth-order valence-electron chi connectivity index (χ4n) is 4.44. The highest BCUT2D eigenvalue weighted by atomic mass is 15.2. The van der Waals surface area contributed by atoms with Crippen molar-refractivity contribution in [1.29, 1.82) is 0 Å². The van der Waals surface area contributed by atoms with Gasteiger partial charge in [0, 0.05) is 18.6 Å². The van der Waals surface area contributed by atoms with Crippen LogP contribution < -0.4 is 5.32 Å². The van der Waals surface area contributed by atoms with E-state index in [-0.39, 0.29) is 0 Å². The molecule has 2 heterocycles. The molecular weight excluding hydrogens is 220 g/mol. The maximum Gasteiger partial charge on any atom is 0.0108 e. The van der Waals surface area contributed by atoms with E-state index in [0.717, 1.165) is 18.0 Å². The molecule has 0 radical (unpaired) electrons. The molecule has 104 valence electrons. The van der Waals surface area contributed by atoms with Gasteiger partial charge in [-0.1, -0.05) is 25.7 Å². The van der Waals surface area contributed by atoms with Gasteiger partial charge < -0.3 is 10.2 Å². The minimum atomic E-state index is 0.846. The standard InChI is InChI=1S/C16H30N2/c1-2-4-9-15(8-3-1)18-12-6-7-14(13-18)16-10-5-11-17-16/h14-17H,1-13H2. The average Bonchev–Trinajstić information content (AvgIpc) is 2.82. The topological polar surface area (TPSA) is 15.3 Å². The third-order valence-corrected chi connectivity index (χ3v) is 5.50. The van der Waals surface area contributed by atoms with Crippen molar-refractivity contribution in [3.63, 3.8) is 0 Å². The molecule has 2 nitrogen and oxygen atoms in total. The van der Waals surface area contributed by atoms with Gasteiger partial charge in [0.25, 0.3) is 0 Å². The third kappa shape index (κ3) is 3.08. The quantitative estimate of drug-likeness (QED) is 0.757. The molecule has 1 saturated carbocycles. The highest BCUT2D eigenvalue weighted by molar-refractivity contribution is 4.88. The summed E-state index contributed by atoms with van der Waals surface area (Å²) < 4.78 is 0. The number of piperidine rings is 1. The molecule has 1 N–H and O–H groups in total. The zero-order valence-electron chi connectivity index (χ0n) is 11.9. The van der Waals surface area contributed by atoms with E-state index in [0.29, 0.717) is 0 Å². The van der Waals surface area contributed by atoms with Crippen LogP contribution in [0.15, 0.2) is 0 Å². The summed E-state index contributed by atoms with van der Waals surface area (Å²) in [5.41, 5.74) is 0. The first-order valence-corrected chi connectivity index (χ1v) is 8.41. The lowest BCUT2D eigenvalue weighted by Gasteiger charge is -2.40. The number of nitrogens with zero attached hydrogens (tertiary/aromatic N) is 1. The number of rotatable bonds is 2. The van der Waals surface area contributed by atoms with Crippen molar-refractivity contribution in [3.8, 4) is 0 Å². The number of nitrogens with one attached hydrogen (secondary N) is 1. The van der Waals surface area contributed by atoms with Crippen molar-refractivity contribution >= 4 is 0 Å². The molecule has 3 rings (SSSR count). The Bertz CT molecular complexity index is 239. The van der Waals surface area contributed by atoms with Crippen LogP contribution >= 0.6 is 0 Å². The molecule has 18 heavy (non-hydrogen) atoms. The van der Waals surface area contributed by atoms with Gasteiger partial charge in [-0.05, 0) is 57.5 Å². The maximum atomic E-state index is 3.74. The minimum Gasteiger partial charge on any atom is -0.314 e. The predicted octanol–water partition coefficient (Wildman–Crippen LogP) is 3.17. The predicted molar refractivity (Wildman–Crippen MR) is 76.8 cm³/mol. The first-order chi connectivity index (χ1) is 8.93. The van der Waals surface area contributed by atoms with E-state index in [9.17, 15) is 0 Å². The van der Waals surface area contributed by atoms with Crippen LogP contribution in [0.3, 0.4) is 0 Å². The Morgan fingerprint density at radius 3 is 2.33 bits per heavy atom. The highest BCUT2D eigenvalue weighted by Crippen LogP contribution is 2.29. The maximum absolute atomic E-state index is 3.74. The van der Waals surface area contributed by atoms with E-state index in [1.807, 2.05) is 0 Å². The molecular formula is C16H30N2. The molecule has 0 bridgehead atoms. The van der Waals surface area contributed by atoms with E-state index in [1.165, 1.54) is 83.8 Å². The van der Waals surface area contributed by atoms with Crippen LogP contribution in [0.25, 0.3) is 0 Å². The van der Waals surface area contributed by atoms with Crippen LogP contribution in [0.5, 0.6) is 0 Å². The van der Waals surface area contributed by atoms with Crippen molar-refractivity contribution in [2.45, 2.75) is 76.3 Å². The van der Waals surface area contributed by atoms with Gasteiger partial charge in [-0.15, -0.1) is 0 Å². The number of likely N-dealkylation sites (tertiary alicyclic amines) is 1. The van der Waals surface area contributed by atoms with Gasteiger partial charge in [-0.25, -0.2) is 0 Å². The van der Waals surface area contributed by atoms with Gasteiger partial charge >= 0.3 is 0 Å². The number of hydrogen-bond acceptors (Lipinski definition) is 2. The molecule has 0 spiro atoms. The monoisotopic (exact) mass is 250 g/mol. The summed E-state index contributed by atoms with van der Waals surface area (Å²) in [6, 6.07) is 1.77. The van der Waals surface area contributed by atoms with E-state index in [4.69, 9.17) is 0 Å². The Hall–Kier alpha value is -0.0800. The largest absolute Gasteiger partial charge is 0.314 e. The Labute approximate surface area is 113 Å². The Morgan fingerprint density at radius 2 is 1.61 bits per heavy atom. The average molecular weight is 250 g/mol. The normalized spacial score (nSPS) is 36.7. The van der Waals surface area contributed by atoms with E-state index in [2.05, 4.69) is 10.2 Å². The van der Waals surface area contributed by atoms with Gasteiger partial charge in [0.2, 0.25) is 0 Å². The molecule has 3 aliphatic rings. The first kappa shape index (κ1) is 12.9. The van der Waals surface area contributed by atoms with Gasteiger partial charge in [-0.3, -0.25) is 0 Å². The molecule has 3 fully saturated rings. The van der Waals surface area contributed by atoms with E-state index in [1.54, 1.807) is 0 Å². The molecule has 2 unspecified atom stereocenters. The van der Waals surface area contributed by atoms with Crippen molar-refractivity contribution in [2.24, 2.45) is 5.92 Å². The Morgan fingerprint density at radius 1 is 0.778 bits per heavy atom. The van der Waals surface area contributed by atoms with E-state index >= 15 is 0 Å². The summed E-state index contributed by atoms with van der Waals surface area (Å²) in [5, 5.41) is 3.74. The van der Waals surface area contributed by atoms with Crippen LogP contribution in [0.1, 0.15) is 64.2 Å². The lowest BCUT2D eigenvalue weighted by atomic mass is 9.88. The molecule has 0 aromatic heterocycles. The smallest absolute Gasteiger partial charge is 0.0108 e. The SMILES string of the molecule is C1CCCC(N2CCCC(C3CCCN3)C2)CC1. The Balaban J connectivity index is 1.55. The van der Waals surface area contributed by atoms with Crippen molar-refractivity contribution in [1.82, 2.24) is 10.2 Å². The fourth-order valence-corrected chi connectivity index (χ4v) is 4.44. The highest BCUT2D eigenvalue weighted by Gasteiger charge is 2.31. The second-order valence-electron chi connectivity index (χ2n) is 6.75. The molecule has 2 aliphatic heterocycles. The van der Waals surface area contributed by atoms with Crippen molar-refractivity contribution in [3.05, 3.63) is 0 Å². The second-order valence-corrected chi connectivity index (χ2v) is 6.75. The molecule has 0 amide bonds. The summed E-state index contributed by atoms with van der Waals surface area (Å²) in [5.74, 6) is 0.949. The molecule has 2 atom stereocenters. The Kier molecular flexibility index (Phi) is 4.58. The summed E-state index contributed by atoms with van der Waals surface area (Å²) in [6.07, 6.45) is 14.6. The lowest BCUT2D eigenvalue weighted by Crippen LogP contribution is -2.47. The molecule has 0 aromatic rings. The van der Waals surface area contributed by atoms with Crippen molar-refractivity contribution < 1.29 is 0 Å². The van der Waals surface area contributed by atoms with Crippen LogP contribution in [0, 0.1) is 5.92 Å². The van der Waals surface area contributed by atoms with Crippen molar-refractivity contribution in [2.75, 3.05) is 19.6 Å². The van der Waals surface area contributed by atoms with Crippen LogP contribution in [0.4, 0.5) is 0 Å². The number of hydrogen-bond donors (Lipinski definition) is 1.